The topological polar surface area (TPSA) is 66.5 Å². The molecule has 29 heavy (non-hydrogen) atoms. The molecule has 1 aliphatic carbocycles. The summed E-state index contributed by atoms with van der Waals surface area (Å²) in [5, 5.41) is 2.13. The van der Waals surface area contributed by atoms with E-state index in [0.29, 0.717) is 12.8 Å². The highest BCUT2D eigenvalue weighted by Crippen LogP contribution is 2.28. The molecule has 0 bridgehead atoms. The van der Waals surface area contributed by atoms with Crippen molar-refractivity contribution in [3.05, 3.63) is 59.9 Å². The number of halogens is 3. The van der Waals surface area contributed by atoms with Crippen LogP contribution in [0.1, 0.15) is 32.1 Å². The van der Waals surface area contributed by atoms with Gasteiger partial charge >= 0.3 is 0 Å². The number of hydrogen-bond acceptors (Lipinski definition) is 3. The maximum atomic E-state index is 13.8. The van der Waals surface area contributed by atoms with E-state index in [-0.39, 0.29) is 4.90 Å². The zero-order chi connectivity index (χ0) is 21.0. The average Bonchev–Trinajstić information content (AvgIpc) is 2.70. The van der Waals surface area contributed by atoms with Crippen molar-refractivity contribution >= 4 is 21.6 Å². The number of rotatable bonds is 6. The van der Waals surface area contributed by atoms with Gasteiger partial charge in [0.1, 0.15) is 23.1 Å². The number of amides is 1. The first-order valence-corrected chi connectivity index (χ1v) is 10.7. The highest BCUT2D eigenvalue weighted by atomic mass is 32.2. The molecule has 0 heterocycles. The molecule has 3 rings (SSSR count). The standard InChI is InChI=1S/C20H21F3N2O3S/c21-14-9-11-16(12-10-14)29(27,28)25(15-5-2-1-3-6-15)13-19(26)24-20-17(22)7-4-8-18(20)23/h4,7-12,15H,1-3,5-6,13H2,(H,24,26). The van der Waals surface area contributed by atoms with Crippen LogP contribution < -0.4 is 5.32 Å². The molecule has 1 N–H and O–H groups in total. The van der Waals surface area contributed by atoms with Crippen molar-refractivity contribution in [2.24, 2.45) is 0 Å². The number of benzene rings is 2. The van der Waals surface area contributed by atoms with Crippen LogP contribution in [0.5, 0.6) is 0 Å². The molecular formula is C20H21F3N2O3S. The summed E-state index contributed by atoms with van der Waals surface area (Å²) in [7, 11) is -4.11. The van der Waals surface area contributed by atoms with Gasteiger partial charge in [-0.3, -0.25) is 4.79 Å². The Morgan fingerprint density at radius 1 is 0.966 bits per heavy atom. The molecular weight excluding hydrogens is 405 g/mol. The predicted molar refractivity (Wildman–Crippen MR) is 102 cm³/mol. The Balaban J connectivity index is 1.87. The Bertz CT molecular complexity index is 955. The number of sulfonamides is 1. The van der Waals surface area contributed by atoms with Crippen LogP contribution in [0.4, 0.5) is 18.9 Å². The van der Waals surface area contributed by atoms with Crippen LogP contribution in [-0.4, -0.2) is 31.2 Å². The fourth-order valence-corrected chi connectivity index (χ4v) is 5.10. The van der Waals surface area contributed by atoms with E-state index in [1.807, 2.05) is 0 Å². The fraction of sp³-hybridized carbons (Fsp3) is 0.350. The maximum absolute atomic E-state index is 13.8. The van der Waals surface area contributed by atoms with Gasteiger partial charge in [-0.1, -0.05) is 25.3 Å². The van der Waals surface area contributed by atoms with Crippen LogP contribution in [0.3, 0.4) is 0 Å². The number of anilines is 1. The van der Waals surface area contributed by atoms with Gasteiger partial charge in [-0.15, -0.1) is 0 Å². The Morgan fingerprint density at radius 3 is 2.14 bits per heavy atom. The average molecular weight is 426 g/mol. The summed E-state index contributed by atoms with van der Waals surface area (Å²) in [6.45, 7) is -0.599. The van der Waals surface area contributed by atoms with Crippen molar-refractivity contribution in [3.8, 4) is 0 Å². The Hall–Kier alpha value is -2.39. The quantitative estimate of drug-likeness (QED) is 0.757. The van der Waals surface area contributed by atoms with Crippen LogP contribution in [-0.2, 0) is 14.8 Å². The third-order valence-electron chi connectivity index (χ3n) is 4.93. The zero-order valence-corrected chi connectivity index (χ0v) is 16.4. The summed E-state index contributed by atoms with van der Waals surface area (Å²) in [4.78, 5) is 12.3. The minimum atomic E-state index is -4.11. The molecule has 0 saturated heterocycles. The predicted octanol–water partition coefficient (Wildman–Crippen LogP) is 4.07. The zero-order valence-electron chi connectivity index (χ0n) is 15.6. The van der Waals surface area contributed by atoms with Gasteiger partial charge in [-0.25, -0.2) is 21.6 Å². The second kappa shape index (κ2) is 8.96. The Kier molecular flexibility index (Phi) is 6.59. The Labute approximate surface area is 167 Å². The number of carbonyl (C=O) groups excluding carboxylic acids is 1. The lowest BCUT2D eigenvalue weighted by atomic mass is 9.95. The van der Waals surface area contributed by atoms with Crippen molar-refractivity contribution in [2.45, 2.75) is 43.0 Å². The van der Waals surface area contributed by atoms with Crippen molar-refractivity contribution in [1.29, 1.82) is 0 Å². The molecule has 1 amide bonds. The summed E-state index contributed by atoms with van der Waals surface area (Å²) >= 11 is 0. The van der Waals surface area contributed by atoms with Crippen LogP contribution in [0.2, 0.25) is 0 Å². The van der Waals surface area contributed by atoms with Gasteiger partial charge in [0.25, 0.3) is 0 Å². The van der Waals surface area contributed by atoms with Gasteiger partial charge in [-0.2, -0.15) is 4.31 Å². The number of carbonyl (C=O) groups is 1. The van der Waals surface area contributed by atoms with E-state index < -0.39 is 51.7 Å². The second-order valence-electron chi connectivity index (χ2n) is 6.94. The van der Waals surface area contributed by atoms with Gasteiger partial charge in [0.15, 0.2) is 0 Å². The minimum Gasteiger partial charge on any atom is -0.320 e. The molecule has 2 aromatic rings. The lowest BCUT2D eigenvalue weighted by Crippen LogP contribution is -2.45. The van der Waals surface area contributed by atoms with Crippen LogP contribution >= 0.6 is 0 Å². The lowest BCUT2D eigenvalue weighted by molar-refractivity contribution is -0.116. The van der Waals surface area contributed by atoms with Gasteiger partial charge in [0, 0.05) is 6.04 Å². The third kappa shape index (κ3) is 4.97. The summed E-state index contributed by atoms with van der Waals surface area (Å²) < 4.78 is 68.2. The first kappa shape index (κ1) is 21.3. The van der Waals surface area contributed by atoms with Gasteiger partial charge in [0.2, 0.25) is 15.9 Å². The molecule has 0 unspecified atom stereocenters. The van der Waals surface area contributed by atoms with Gasteiger partial charge in [-0.05, 0) is 49.2 Å². The van der Waals surface area contributed by atoms with E-state index >= 15 is 0 Å². The van der Waals surface area contributed by atoms with Gasteiger partial charge < -0.3 is 5.32 Å². The minimum absolute atomic E-state index is 0.144. The molecule has 156 valence electrons. The van der Waals surface area contributed by atoms with Crippen LogP contribution in [0, 0.1) is 17.5 Å². The maximum Gasteiger partial charge on any atom is 0.243 e. The molecule has 0 atom stereocenters. The molecule has 1 saturated carbocycles. The Morgan fingerprint density at radius 2 is 1.55 bits per heavy atom. The summed E-state index contributed by atoms with van der Waals surface area (Å²) in [5.74, 6) is -3.35. The largest absolute Gasteiger partial charge is 0.320 e. The van der Waals surface area contributed by atoms with E-state index in [4.69, 9.17) is 0 Å². The van der Waals surface area contributed by atoms with E-state index in [9.17, 15) is 26.4 Å². The number of nitrogens with one attached hydrogen (secondary N) is 1. The monoisotopic (exact) mass is 426 g/mol. The van der Waals surface area contributed by atoms with E-state index in [1.54, 1.807) is 0 Å². The summed E-state index contributed by atoms with van der Waals surface area (Å²) in [6, 6.07) is 7.05. The number of para-hydroxylation sites is 1. The van der Waals surface area contributed by atoms with Crippen LogP contribution in [0.25, 0.3) is 0 Å². The fourth-order valence-electron chi connectivity index (χ4n) is 3.46. The van der Waals surface area contributed by atoms with Crippen molar-refractivity contribution in [3.63, 3.8) is 0 Å². The van der Waals surface area contributed by atoms with E-state index in [2.05, 4.69) is 5.32 Å². The first-order chi connectivity index (χ1) is 13.8. The van der Waals surface area contributed by atoms with Crippen molar-refractivity contribution in [2.75, 3.05) is 11.9 Å². The van der Waals surface area contributed by atoms with E-state index in [0.717, 1.165) is 66.0 Å². The molecule has 0 aliphatic heterocycles. The molecule has 0 spiro atoms. The normalized spacial score (nSPS) is 15.4. The highest BCUT2D eigenvalue weighted by Gasteiger charge is 2.34. The lowest BCUT2D eigenvalue weighted by Gasteiger charge is -2.33. The SMILES string of the molecule is O=C(CN(C1CCCCC1)S(=O)(=O)c1ccc(F)cc1)Nc1c(F)cccc1F. The second-order valence-corrected chi connectivity index (χ2v) is 8.83. The number of hydrogen-bond donors (Lipinski definition) is 1. The van der Waals surface area contributed by atoms with Crippen molar-refractivity contribution < 1.29 is 26.4 Å². The van der Waals surface area contributed by atoms with Crippen molar-refractivity contribution in [1.82, 2.24) is 4.31 Å². The summed E-state index contributed by atoms with van der Waals surface area (Å²) in [6.07, 6.45) is 3.73. The molecule has 1 fully saturated rings. The molecule has 1 aliphatic rings. The summed E-state index contributed by atoms with van der Waals surface area (Å²) in [5.41, 5.74) is -0.625. The first-order valence-electron chi connectivity index (χ1n) is 9.30. The molecule has 5 nitrogen and oxygen atoms in total. The molecule has 2 aromatic carbocycles. The highest BCUT2D eigenvalue weighted by molar-refractivity contribution is 7.89. The number of nitrogens with zero attached hydrogens (tertiary/aromatic N) is 1. The molecule has 0 aromatic heterocycles. The third-order valence-corrected chi connectivity index (χ3v) is 6.84. The smallest absolute Gasteiger partial charge is 0.243 e. The molecule has 9 heteroatoms. The van der Waals surface area contributed by atoms with E-state index in [1.165, 1.54) is 0 Å². The van der Waals surface area contributed by atoms with Crippen LogP contribution in [0.15, 0.2) is 47.4 Å². The molecule has 0 radical (unpaired) electrons. The van der Waals surface area contributed by atoms with Gasteiger partial charge in [0.05, 0.1) is 11.4 Å².